The Kier molecular flexibility index (Phi) is 4.17. The van der Waals surface area contributed by atoms with E-state index in [1.807, 2.05) is 13.0 Å². The van der Waals surface area contributed by atoms with Crippen molar-refractivity contribution in [3.05, 3.63) is 11.6 Å². The summed E-state index contributed by atoms with van der Waals surface area (Å²) >= 11 is 0. The van der Waals surface area contributed by atoms with E-state index in [1.54, 1.807) is 13.3 Å². The number of rotatable bonds is 2. The molecule has 0 bridgehead atoms. The van der Waals surface area contributed by atoms with Gasteiger partial charge in [-0.2, -0.15) is 0 Å². The van der Waals surface area contributed by atoms with Gasteiger partial charge in [0, 0.05) is 19.8 Å². The Morgan fingerprint density at radius 1 is 1.75 bits per heavy atom. The van der Waals surface area contributed by atoms with Gasteiger partial charge in [-0.3, -0.25) is 4.99 Å². The first-order chi connectivity index (χ1) is 3.81. The molecule has 0 amide bonds. The third-order valence-electron chi connectivity index (χ3n) is 0.830. The van der Waals surface area contributed by atoms with Crippen LogP contribution in [-0.2, 0) is 0 Å². The van der Waals surface area contributed by atoms with Gasteiger partial charge in [0.25, 0.3) is 0 Å². The minimum Gasteiger partial charge on any atom is -0.327 e. The van der Waals surface area contributed by atoms with E-state index in [9.17, 15) is 0 Å². The monoisotopic (exact) mass is 112 g/mol. The summed E-state index contributed by atoms with van der Waals surface area (Å²) in [5.74, 6) is 0. The van der Waals surface area contributed by atoms with Gasteiger partial charge in [0.05, 0.1) is 0 Å². The number of hydrogen-bond acceptors (Lipinski definition) is 2. The molecule has 0 atom stereocenters. The van der Waals surface area contributed by atoms with Crippen LogP contribution >= 0.6 is 0 Å². The number of nitrogens with two attached hydrogens (primary N) is 1. The maximum absolute atomic E-state index is 5.28. The van der Waals surface area contributed by atoms with Crippen molar-refractivity contribution in [2.45, 2.75) is 6.92 Å². The Labute approximate surface area is 50.1 Å². The standard InChI is InChI=1S/C6H12N2/c1-6(5-7)3-4-8-2/h3-4H,5,7H2,1-2H3/b6-3+,8-4-. The second-order valence-electron chi connectivity index (χ2n) is 1.62. The lowest BCUT2D eigenvalue weighted by Gasteiger charge is -1.87. The van der Waals surface area contributed by atoms with Crippen molar-refractivity contribution >= 4 is 6.21 Å². The zero-order chi connectivity index (χ0) is 6.41. The summed E-state index contributed by atoms with van der Waals surface area (Å²) in [6.07, 6.45) is 3.64. The zero-order valence-corrected chi connectivity index (χ0v) is 5.39. The molecule has 0 aromatic carbocycles. The molecule has 0 spiro atoms. The van der Waals surface area contributed by atoms with Crippen molar-refractivity contribution < 1.29 is 0 Å². The predicted molar refractivity (Wildman–Crippen MR) is 37.2 cm³/mol. The number of allylic oxidation sites excluding steroid dienone is 1. The highest BCUT2D eigenvalue weighted by atomic mass is 14.6. The van der Waals surface area contributed by atoms with Crippen LogP contribution in [0, 0.1) is 0 Å². The topological polar surface area (TPSA) is 38.4 Å². The molecule has 0 radical (unpaired) electrons. The predicted octanol–water partition coefficient (Wildman–Crippen LogP) is 0.592. The molecule has 8 heavy (non-hydrogen) atoms. The molecule has 0 unspecified atom stereocenters. The van der Waals surface area contributed by atoms with Crippen molar-refractivity contribution in [2.24, 2.45) is 10.7 Å². The lowest BCUT2D eigenvalue weighted by atomic mass is 10.3. The first-order valence-corrected chi connectivity index (χ1v) is 2.59. The van der Waals surface area contributed by atoms with Crippen LogP contribution in [0.3, 0.4) is 0 Å². The summed E-state index contributed by atoms with van der Waals surface area (Å²) in [4.78, 5) is 3.77. The van der Waals surface area contributed by atoms with Gasteiger partial charge in [0.15, 0.2) is 0 Å². The normalized spacial score (nSPS) is 13.1. The third-order valence-corrected chi connectivity index (χ3v) is 0.830. The molecule has 0 aliphatic heterocycles. The fourth-order valence-corrected chi connectivity index (χ4v) is 0.270. The summed E-state index contributed by atoms with van der Waals surface area (Å²) < 4.78 is 0. The van der Waals surface area contributed by atoms with E-state index in [-0.39, 0.29) is 0 Å². The van der Waals surface area contributed by atoms with Crippen molar-refractivity contribution in [3.63, 3.8) is 0 Å². The highest BCUT2D eigenvalue weighted by Gasteiger charge is 1.76. The van der Waals surface area contributed by atoms with E-state index in [0.717, 1.165) is 5.57 Å². The van der Waals surface area contributed by atoms with Crippen molar-refractivity contribution in [2.75, 3.05) is 13.6 Å². The van der Waals surface area contributed by atoms with Crippen molar-refractivity contribution in [3.8, 4) is 0 Å². The average molecular weight is 112 g/mol. The lowest BCUT2D eigenvalue weighted by Crippen LogP contribution is -1.99. The van der Waals surface area contributed by atoms with Crippen LogP contribution in [-0.4, -0.2) is 19.8 Å². The third kappa shape index (κ3) is 3.56. The zero-order valence-electron chi connectivity index (χ0n) is 5.39. The molecule has 0 aromatic heterocycles. The van der Waals surface area contributed by atoms with E-state index in [0.29, 0.717) is 6.54 Å². The van der Waals surface area contributed by atoms with Gasteiger partial charge in [-0.1, -0.05) is 5.57 Å². The van der Waals surface area contributed by atoms with Crippen LogP contribution in [0.5, 0.6) is 0 Å². The number of aliphatic imine (C=N–C) groups is 1. The maximum atomic E-state index is 5.28. The number of nitrogens with zero attached hydrogens (tertiary/aromatic N) is 1. The molecule has 0 aromatic rings. The van der Waals surface area contributed by atoms with Crippen molar-refractivity contribution in [1.29, 1.82) is 0 Å². The SMILES string of the molecule is C/N=C\C=C(/C)CN. The van der Waals surface area contributed by atoms with Crippen LogP contribution in [0.2, 0.25) is 0 Å². The molecular weight excluding hydrogens is 100 g/mol. The summed E-state index contributed by atoms with van der Waals surface area (Å²) in [5.41, 5.74) is 6.43. The van der Waals surface area contributed by atoms with Crippen LogP contribution < -0.4 is 5.73 Å². The summed E-state index contributed by atoms with van der Waals surface area (Å²) in [5, 5.41) is 0. The van der Waals surface area contributed by atoms with Gasteiger partial charge in [-0.05, 0) is 13.0 Å². The molecular formula is C6H12N2. The molecule has 2 heteroatoms. The molecule has 2 nitrogen and oxygen atoms in total. The van der Waals surface area contributed by atoms with E-state index < -0.39 is 0 Å². The van der Waals surface area contributed by atoms with Gasteiger partial charge >= 0.3 is 0 Å². The molecule has 0 heterocycles. The van der Waals surface area contributed by atoms with Crippen LogP contribution in [0.15, 0.2) is 16.6 Å². The summed E-state index contributed by atoms with van der Waals surface area (Å²) in [6.45, 7) is 2.59. The van der Waals surface area contributed by atoms with E-state index in [4.69, 9.17) is 5.73 Å². The Morgan fingerprint density at radius 3 is 2.75 bits per heavy atom. The Balaban J connectivity index is 3.57. The van der Waals surface area contributed by atoms with Gasteiger partial charge < -0.3 is 5.73 Å². The maximum Gasteiger partial charge on any atom is 0.0277 e. The summed E-state index contributed by atoms with van der Waals surface area (Å²) in [6, 6.07) is 0. The fourth-order valence-electron chi connectivity index (χ4n) is 0.270. The molecule has 0 aliphatic rings. The molecule has 0 aliphatic carbocycles. The Bertz CT molecular complexity index is 103. The van der Waals surface area contributed by atoms with Gasteiger partial charge in [-0.25, -0.2) is 0 Å². The molecule has 2 N–H and O–H groups in total. The fraction of sp³-hybridized carbons (Fsp3) is 0.500. The highest BCUT2D eigenvalue weighted by Crippen LogP contribution is 1.82. The van der Waals surface area contributed by atoms with Crippen LogP contribution in [0.25, 0.3) is 0 Å². The Hall–Kier alpha value is -0.630. The van der Waals surface area contributed by atoms with E-state index in [1.165, 1.54) is 0 Å². The molecule has 0 rings (SSSR count). The minimum atomic E-state index is 0.617. The highest BCUT2D eigenvalue weighted by molar-refractivity contribution is 5.71. The van der Waals surface area contributed by atoms with Gasteiger partial charge in [0.1, 0.15) is 0 Å². The molecule has 0 saturated heterocycles. The second-order valence-corrected chi connectivity index (χ2v) is 1.62. The number of hydrogen-bond donors (Lipinski definition) is 1. The van der Waals surface area contributed by atoms with Crippen LogP contribution in [0.4, 0.5) is 0 Å². The Morgan fingerprint density at radius 2 is 2.38 bits per heavy atom. The van der Waals surface area contributed by atoms with E-state index in [2.05, 4.69) is 4.99 Å². The lowest BCUT2D eigenvalue weighted by molar-refractivity contribution is 1.14. The van der Waals surface area contributed by atoms with Gasteiger partial charge in [-0.15, -0.1) is 0 Å². The first kappa shape index (κ1) is 7.37. The van der Waals surface area contributed by atoms with Crippen molar-refractivity contribution in [1.82, 2.24) is 0 Å². The minimum absolute atomic E-state index is 0.617. The molecule has 0 saturated carbocycles. The van der Waals surface area contributed by atoms with Crippen LogP contribution in [0.1, 0.15) is 6.92 Å². The first-order valence-electron chi connectivity index (χ1n) is 2.59. The van der Waals surface area contributed by atoms with Gasteiger partial charge in [0.2, 0.25) is 0 Å². The van der Waals surface area contributed by atoms with E-state index >= 15 is 0 Å². The molecule has 0 fully saturated rings. The quantitative estimate of drug-likeness (QED) is 0.522. The smallest absolute Gasteiger partial charge is 0.0277 e. The second kappa shape index (κ2) is 4.53. The molecule has 46 valence electrons. The average Bonchev–Trinajstić information content (AvgIpc) is 1.83. The largest absolute Gasteiger partial charge is 0.327 e. The summed E-state index contributed by atoms with van der Waals surface area (Å²) in [7, 11) is 1.74.